The first kappa shape index (κ1) is 20.7. The van der Waals surface area contributed by atoms with Gasteiger partial charge in [0.05, 0.1) is 12.2 Å². The third kappa shape index (κ3) is 3.05. The van der Waals surface area contributed by atoms with Crippen LogP contribution in [-0.2, 0) is 4.79 Å². The van der Waals surface area contributed by atoms with E-state index in [1.807, 2.05) is 0 Å². The second-order valence-corrected chi connectivity index (χ2v) is 11.3. The van der Waals surface area contributed by atoms with Crippen LogP contribution in [0.15, 0.2) is 0 Å². The average Bonchev–Trinajstić information content (AvgIpc) is 3.00. The van der Waals surface area contributed by atoms with Gasteiger partial charge in [-0.05, 0) is 111 Å². The highest BCUT2D eigenvalue weighted by Crippen LogP contribution is 2.68. The third-order valence-electron chi connectivity index (χ3n) is 10.3. The van der Waals surface area contributed by atoms with Crippen LogP contribution in [0.3, 0.4) is 0 Å². The normalized spacial score (nSPS) is 51.7. The first-order valence-electron chi connectivity index (χ1n) is 11.7. The molecule has 4 rings (SSSR count). The highest BCUT2D eigenvalue weighted by atomic mass is 16.4. The van der Waals surface area contributed by atoms with E-state index in [2.05, 4.69) is 20.8 Å². The zero-order valence-electron chi connectivity index (χ0n) is 17.9. The van der Waals surface area contributed by atoms with E-state index < -0.39 is 5.97 Å². The van der Waals surface area contributed by atoms with Crippen LogP contribution in [0.5, 0.6) is 0 Å². The molecule has 0 aromatic carbocycles. The van der Waals surface area contributed by atoms with Crippen molar-refractivity contribution in [2.75, 3.05) is 0 Å². The maximum absolute atomic E-state index is 11.5. The number of carbonyl (C=O) groups excluding carboxylic acids is 1. The summed E-state index contributed by atoms with van der Waals surface area (Å²) in [6.45, 7) is 6.94. The SMILES string of the molecule is C[C@H](CCC(=O)[O-])[C@H]1CC[C@H]2[C@@H]3CC[C@@H]4C[C@H](O)CC[C@]4(C)[C@H]3C[C@@H](O)[C@]12C. The average molecular weight is 392 g/mol. The fourth-order valence-electron chi connectivity index (χ4n) is 8.71. The predicted molar refractivity (Wildman–Crippen MR) is 106 cm³/mol. The van der Waals surface area contributed by atoms with Gasteiger partial charge in [0.15, 0.2) is 0 Å². The number of hydrogen-bond acceptors (Lipinski definition) is 4. The zero-order valence-corrected chi connectivity index (χ0v) is 17.9. The summed E-state index contributed by atoms with van der Waals surface area (Å²) in [5.74, 6) is 2.19. The van der Waals surface area contributed by atoms with Crippen molar-refractivity contribution in [3.05, 3.63) is 0 Å². The van der Waals surface area contributed by atoms with Gasteiger partial charge in [0.2, 0.25) is 0 Å². The van der Waals surface area contributed by atoms with Crippen LogP contribution in [0.1, 0.15) is 85.0 Å². The molecule has 0 aromatic heterocycles. The van der Waals surface area contributed by atoms with Crippen molar-refractivity contribution in [1.82, 2.24) is 0 Å². The van der Waals surface area contributed by atoms with Gasteiger partial charge in [-0.2, -0.15) is 0 Å². The summed E-state index contributed by atoms with van der Waals surface area (Å²) in [7, 11) is 0. The molecular weight excluding hydrogens is 352 g/mol. The first-order chi connectivity index (χ1) is 13.2. The van der Waals surface area contributed by atoms with Crippen LogP contribution < -0.4 is 5.11 Å². The maximum atomic E-state index is 11.5. The summed E-state index contributed by atoms with van der Waals surface area (Å²) in [5, 5.41) is 32.6. The van der Waals surface area contributed by atoms with Gasteiger partial charge in [0.25, 0.3) is 0 Å². The molecule has 2 N–H and O–H groups in total. The molecule has 160 valence electrons. The lowest BCUT2D eigenvalue weighted by molar-refractivity contribution is -0.306. The van der Waals surface area contributed by atoms with Crippen molar-refractivity contribution in [3.8, 4) is 0 Å². The van der Waals surface area contributed by atoms with Crippen molar-refractivity contribution >= 4 is 5.97 Å². The molecule has 4 saturated carbocycles. The Labute approximate surface area is 170 Å². The van der Waals surface area contributed by atoms with Crippen LogP contribution >= 0.6 is 0 Å². The summed E-state index contributed by atoms with van der Waals surface area (Å²) in [6, 6.07) is 0. The second-order valence-electron chi connectivity index (χ2n) is 11.3. The Morgan fingerprint density at radius 2 is 1.82 bits per heavy atom. The number of hydrogen-bond donors (Lipinski definition) is 2. The van der Waals surface area contributed by atoms with Crippen LogP contribution in [0.4, 0.5) is 0 Å². The van der Waals surface area contributed by atoms with E-state index in [9.17, 15) is 20.1 Å². The molecule has 10 atom stereocenters. The number of aliphatic hydroxyl groups excluding tert-OH is 2. The van der Waals surface area contributed by atoms with E-state index >= 15 is 0 Å². The molecule has 0 aromatic rings. The summed E-state index contributed by atoms with van der Waals surface area (Å²) < 4.78 is 0. The van der Waals surface area contributed by atoms with E-state index in [-0.39, 0.29) is 29.5 Å². The van der Waals surface area contributed by atoms with Crippen molar-refractivity contribution in [1.29, 1.82) is 0 Å². The lowest BCUT2D eigenvalue weighted by atomic mass is 9.43. The largest absolute Gasteiger partial charge is 0.550 e. The fourth-order valence-corrected chi connectivity index (χ4v) is 8.71. The number of fused-ring (bicyclic) bond motifs is 5. The van der Waals surface area contributed by atoms with E-state index in [4.69, 9.17) is 0 Å². The standard InChI is InChI=1S/C24H40O4/c1-14(4-9-22(27)28)18-7-8-19-17-6-5-15-12-16(25)10-11-23(15,2)20(17)13-21(26)24(18,19)3/h14-21,25-26H,4-13H2,1-3H3,(H,27,28)/p-1/t14-,15-,16-,17+,18-,19+,20+,21-,23+,24-/m1/s1. The third-order valence-corrected chi connectivity index (χ3v) is 10.3. The molecule has 4 nitrogen and oxygen atoms in total. The summed E-state index contributed by atoms with van der Waals surface area (Å²) in [6.07, 6.45) is 8.98. The highest BCUT2D eigenvalue weighted by molar-refractivity contribution is 5.64. The molecule has 0 bridgehead atoms. The number of aliphatic hydroxyl groups is 2. The van der Waals surface area contributed by atoms with Crippen molar-refractivity contribution in [2.24, 2.45) is 46.3 Å². The van der Waals surface area contributed by atoms with Crippen molar-refractivity contribution in [3.63, 3.8) is 0 Å². The van der Waals surface area contributed by atoms with Crippen LogP contribution in [0.2, 0.25) is 0 Å². The molecule has 4 aliphatic carbocycles. The second kappa shape index (κ2) is 7.27. The molecule has 4 fully saturated rings. The Kier molecular flexibility index (Phi) is 5.36. The van der Waals surface area contributed by atoms with Gasteiger partial charge < -0.3 is 20.1 Å². The molecule has 4 aliphatic rings. The minimum Gasteiger partial charge on any atom is -0.550 e. The van der Waals surface area contributed by atoms with Crippen LogP contribution in [-0.4, -0.2) is 28.4 Å². The summed E-state index contributed by atoms with van der Waals surface area (Å²) >= 11 is 0. The molecule has 0 aliphatic heterocycles. The Hall–Kier alpha value is -0.610. The maximum Gasteiger partial charge on any atom is 0.0602 e. The summed E-state index contributed by atoms with van der Waals surface area (Å²) in [5.41, 5.74) is 0.188. The van der Waals surface area contributed by atoms with E-state index in [0.29, 0.717) is 41.9 Å². The van der Waals surface area contributed by atoms with Gasteiger partial charge in [-0.3, -0.25) is 0 Å². The zero-order chi connectivity index (χ0) is 20.3. The van der Waals surface area contributed by atoms with Gasteiger partial charge in [-0.1, -0.05) is 20.8 Å². The number of rotatable bonds is 4. The lowest BCUT2D eigenvalue weighted by Crippen LogP contribution is -2.58. The monoisotopic (exact) mass is 391 g/mol. The number of carboxylic acids is 1. The van der Waals surface area contributed by atoms with Gasteiger partial charge in [0.1, 0.15) is 0 Å². The Morgan fingerprint density at radius 3 is 2.54 bits per heavy atom. The minimum absolute atomic E-state index is 0.0795. The minimum atomic E-state index is -0.957. The van der Waals surface area contributed by atoms with Crippen molar-refractivity contribution in [2.45, 2.75) is 97.2 Å². The number of carboxylic acid groups (broad SMARTS) is 1. The molecule has 0 amide bonds. The van der Waals surface area contributed by atoms with Gasteiger partial charge in [-0.15, -0.1) is 0 Å². The number of carbonyl (C=O) groups is 1. The lowest BCUT2D eigenvalue weighted by Gasteiger charge is -2.62. The molecular formula is C24H39O4-. The molecule has 0 saturated heterocycles. The van der Waals surface area contributed by atoms with Crippen molar-refractivity contribution < 1.29 is 20.1 Å². The molecule has 0 radical (unpaired) electrons. The highest BCUT2D eigenvalue weighted by Gasteiger charge is 2.63. The van der Waals surface area contributed by atoms with Gasteiger partial charge >= 0.3 is 0 Å². The van der Waals surface area contributed by atoms with Gasteiger partial charge in [0, 0.05) is 5.97 Å². The van der Waals surface area contributed by atoms with E-state index in [1.165, 1.54) is 19.3 Å². The van der Waals surface area contributed by atoms with E-state index in [1.54, 1.807) is 0 Å². The summed E-state index contributed by atoms with van der Waals surface area (Å²) in [4.78, 5) is 10.9. The first-order valence-corrected chi connectivity index (χ1v) is 11.7. The quantitative estimate of drug-likeness (QED) is 0.771. The molecule has 28 heavy (non-hydrogen) atoms. The molecule has 0 heterocycles. The van der Waals surface area contributed by atoms with E-state index in [0.717, 1.165) is 32.1 Å². The topological polar surface area (TPSA) is 80.6 Å². The molecule has 0 spiro atoms. The fraction of sp³-hybridized carbons (Fsp3) is 0.958. The van der Waals surface area contributed by atoms with Gasteiger partial charge in [-0.25, -0.2) is 0 Å². The number of aliphatic carboxylic acids is 1. The Bertz CT molecular complexity index is 605. The smallest absolute Gasteiger partial charge is 0.0602 e. The Balaban J connectivity index is 1.56. The molecule has 4 heteroatoms. The van der Waals surface area contributed by atoms with Crippen LogP contribution in [0, 0.1) is 46.3 Å². The predicted octanol–water partition coefficient (Wildman–Crippen LogP) is 3.14. The van der Waals surface area contributed by atoms with Crippen LogP contribution in [0.25, 0.3) is 0 Å². The molecule has 0 unspecified atom stereocenters. The Morgan fingerprint density at radius 1 is 1.07 bits per heavy atom.